The molecule has 5 heteroatoms. The predicted octanol–water partition coefficient (Wildman–Crippen LogP) is 1.05. The molecular weight excluding hydrogens is 218 g/mol. The molecule has 0 bridgehead atoms. The lowest BCUT2D eigenvalue weighted by molar-refractivity contribution is 0.153. The number of aliphatic hydroxyl groups excluding tert-OH is 1. The van der Waals surface area contributed by atoms with E-state index in [0.29, 0.717) is 6.61 Å². The Morgan fingerprint density at radius 2 is 2.24 bits per heavy atom. The minimum Gasteiger partial charge on any atom is -0.394 e. The number of rotatable bonds is 5. The second kappa shape index (κ2) is 5.56. The highest BCUT2D eigenvalue weighted by molar-refractivity contribution is 5.90. The summed E-state index contributed by atoms with van der Waals surface area (Å²) in [7, 11) is 1.60. The van der Waals surface area contributed by atoms with Gasteiger partial charge in [-0.3, -0.25) is 0 Å². The van der Waals surface area contributed by atoms with Gasteiger partial charge in [-0.25, -0.2) is 0 Å². The maximum atomic E-state index is 9.21. The zero-order chi connectivity index (χ0) is 12.1. The molecule has 90 valence electrons. The van der Waals surface area contributed by atoms with E-state index in [4.69, 9.17) is 4.74 Å². The standard InChI is InChI=1S/C12H15N3O2/c1-17-8-9(7-16)14-12-6-13-15-11-5-3-2-4-10(11)12/h2-6,9,16H,7-8H2,1H3,(H,14,15). The average Bonchev–Trinajstić information content (AvgIpc) is 2.38. The minimum atomic E-state index is -0.146. The maximum absolute atomic E-state index is 9.21. The number of benzene rings is 1. The van der Waals surface area contributed by atoms with Crippen molar-refractivity contribution in [3.63, 3.8) is 0 Å². The van der Waals surface area contributed by atoms with Crippen LogP contribution in [0.2, 0.25) is 0 Å². The molecule has 1 atom stereocenters. The summed E-state index contributed by atoms with van der Waals surface area (Å²) in [6.07, 6.45) is 1.65. The number of ether oxygens (including phenoxy) is 1. The zero-order valence-electron chi connectivity index (χ0n) is 9.63. The van der Waals surface area contributed by atoms with E-state index in [1.54, 1.807) is 13.3 Å². The SMILES string of the molecule is COCC(CO)Nc1cnnc2ccccc12. The Bertz CT molecular complexity index is 485. The fraction of sp³-hybridized carbons (Fsp3) is 0.333. The molecule has 2 rings (SSSR count). The van der Waals surface area contributed by atoms with Crippen LogP contribution in [0.3, 0.4) is 0 Å². The number of nitrogens with one attached hydrogen (secondary N) is 1. The number of hydrogen-bond donors (Lipinski definition) is 2. The van der Waals surface area contributed by atoms with Crippen molar-refractivity contribution in [1.82, 2.24) is 10.2 Å². The number of anilines is 1. The smallest absolute Gasteiger partial charge is 0.0950 e. The van der Waals surface area contributed by atoms with Crippen LogP contribution in [0.15, 0.2) is 30.5 Å². The molecule has 0 amide bonds. The van der Waals surface area contributed by atoms with Crippen molar-refractivity contribution in [2.24, 2.45) is 0 Å². The van der Waals surface area contributed by atoms with Crippen molar-refractivity contribution in [2.75, 3.05) is 25.6 Å². The molecular formula is C12H15N3O2. The van der Waals surface area contributed by atoms with Crippen LogP contribution in [-0.4, -0.2) is 41.7 Å². The molecule has 1 unspecified atom stereocenters. The van der Waals surface area contributed by atoms with Crippen LogP contribution < -0.4 is 5.32 Å². The van der Waals surface area contributed by atoms with Crippen molar-refractivity contribution >= 4 is 16.6 Å². The first kappa shape index (κ1) is 11.8. The van der Waals surface area contributed by atoms with Gasteiger partial charge in [-0.05, 0) is 6.07 Å². The lowest BCUT2D eigenvalue weighted by Gasteiger charge is -2.17. The lowest BCUT2D eigenvalue weighted by atomic mass is 10.2. The number of aliphatic hydroxyl groups is 1. The Morgan fingerprint density at radius 1 is 1.41 bits per heavy atom. The van der Waals surface area contributed by atoms with Crippen LogP contribution in [-0.2, 0) is 4.74 Å². The Morgan fingerprint density at radius 3 is 3.00 bits per heavy atom. The third-order valence-corrected chi connectivity index (χ3v) is 2.49. The largest absolute Gasteiger partial charge is 0.394 e. The molecule has 0 aliphatic rings. The van der Waals surface area contributed by atoms with Crippen molar-refractivity contribution in [2.45, 2.75) is 6.04 Å². The summed E-state index contributed by atoms with van der Waals surface area (Å²) in [5, 5.41) is 21.4. The zero-order valence-corrected chi connectivity index (χ0v) is 9.63. The van der Waals surface area contributed by atoms with Gasteiger partial charge in [0.15, 0.2) is 0 Å². The van der Waals surface area contributed by atoms with Gasteiger partial charge in [-0.1, -0.05) is 18.2 Å². The summed E-state index contributed by atoms with van der Waals surface area (Å²) < 4.78 is 5.02. The van der Waals surface area contributed by atoms with Gasteiger partial charge in [-0.2, -0.15) is 10.2 Å². The van der Waals surface area contributed by atoms with Crippen molar-refractivity contribution in [3.8, 4) is 0 Å². The van der Waals surface area contributed by atoms with Gasteiger partial charge >= 0.3 is 0 Å². The van der Waals surface area contributed by atoms with E-state index in [9.17, 15) is 5.11 Å². The van der Waals surface area contributed by atoms with Gasteiger partial charge < -0.3 is 15.2 Å². The molecule has 0 aliphatic heterocycles. The highest BCUT2D eigenvalue weighted by atomic mass is 16.5. The quantitative estimate of drug-likeness (QED) is 0.808. The van der Waals surface area contributed by atoms with Crippen LogP contribution in [0.5, 0.6) is 0 Å². The van der Waals surface area contributed by atoms with Crippen molar-refractivity contribution < 1.29 is 9.84 Å². The Hall–Kier alpha value is -1.72. The molecule has 0 fully saturated rings. The van der Waals surface area contributed by atoms with E-state index in [0.717, 1.165) is 16.6 Å². The van der Waals surface area contributed by atoms with Crippen LogP contribution in [0, 0.1) is 0 Å². The van der Waals surface area contributed by atoms with E-state index in [2.05, 4.69) is 15.5 Å². The number of fused-ring (bicyclic) bond motifs is 1. The minimum absolute atomic E-state index is 0.00445. The first-order chi connectivity index (χ1) is 8.35. The molecule has 5 nitrogen and oxygen atoms in total. The second-order valence-electron chi connectivity index (χ2n) is 3.75. The Kier molecular flexibility index (Phi) is 3.85. The van der Waals surface area contributed by atoms with E-state index >= 15 is 0 Å². The van der Waals surface area contributed by atoms with Gasteiger partial charge in [0.2, 0.25) is 0 Å². The normalized spacial score (nSPS) is 12.6. The summed E-state index contributed by atoms with van der Waals surface area (Å²) in [6, 6.07) is 7.58. The summed E-state index contributed by atoms with van der Waals surface area (Å²) >= 11 is 0. The fourth-order valence-corrected chi connectivity index (χ4v) is 1.68. The summed E-state index contributed by atoms with van der Waals surface area (Å²) in [6.45, 7) is 0.442. The number of aromatic nitrogens is 2. The van der Waals surface area contributed by atoms with Gasteiger partial charge in [0.05, 0.1) is 36.7 Å². The van der Waals surface area contributed by atoms with E-state index < -0.39 is 0 Å². The third-order valence-electron chi connectivity index (χ3n) is 2.49. The van der Waals surface area contributed by atoms with Gasteiger partial charge in [0.25, 0.3) is 0 Å². The maximum Gasteiger partial charge on any atom is 0.0950 e. The molecule has 2 N–H and O–H groups in total. The highest BCUT2D eigenvalue weighted by Crippen LogP contribution is 2.20. The summed E-state index contributed by atoms with van der Waals surface area (Å²) in [5.74, 6) is 0. The number of nitrogens with zero attached hydrogens (tertiary/aromatic N) is 2. The first-order valence-electron chi connectivity index (χ1n) is 5.42. The molecule has 1 aromatic heterocycles. The van der Waals surface area contributed by atoms with E-state index in [1.165, 1.54) is 0 Å². The lowest BCUT2D eigenvalue weighted by Crippen LogP contribution is -2.28. The fourth-order valence-electron chi connectivity index (χ4n) is 1.68. The first-order valence-corrected chi connectivity index (χ1v) is 5.42. The molecule has 1 heterocycles. The van der Waals surface area contributed by atoms with Gasteiger partial charge in [0.1, 0.15) is 0 Å². The molecule has 0 spiro atoms. The third kappa shape index (κ3) is 2.69. The van der Waals surface area contributed by atoms with Crippen molar-refractivity contribution in [1.29, 1.82) is 0 Å². The molecule has 0 radical (unpaired) electrons. The molecule has 0 aliphatic carbocycles. The topological polar surface area (TPSA) is 67.3 Å². The van der Waals surface area contributed by atoms with Gasteiger partial charge in [-0.15, -0.1) is 0 Å². The molecule has 1 aromatic carbocycles. The number of methoxy groups -OCH3 is 1. The average molecular weight is 233 g/mol. The second-order valence-corrected chi connectivity index (χ2v) is 3.75. The molecule has 0 saturated heterocycles. The van der Waals surface area contributed by atoms with E-state index in [1.807, 2.05) is 24.3 Å². The summed E-state index contributed by atoms with van der Waals surface area (Å²) in [4.78, 5) is 0. The molecule has 17 heavy (non-hydrogen) atoms. The molecule has 0 saturated carbocycles. The van der Waals surface area contributed by atoms with Crippen LogP contribution in [0.25, 0.3) is 10.9 Å². The Balaban J connectivity index is 2.28. The number of hydrogen-bond acceptors (Lipinski definition) is 5. The molecule has 2 aromatic rings. The Labute approximate surface area is 99.4 Å². The van der Waals surface area contributed by atoms with Crippen LogP contribution in [0.1, 0.15) is 0 Å². The monoisotopic (exact) mass is 233 g/mol. The van der Waals surface area contributed by atoms with Crippen LogP contribution >= 0.6 is 0 Å². The van der Waals surface area contributed by atoms with Crippen molar-refractivity contribution in [3.05, 3.63) is 30.5 Å². The van der Waals surface area contributed by atoms with Gasteiger partial charge in [0, 0.05) is 12.5 Å². The summed E-state index contributed by atoms with van der Waals surface area (Å²) in [5.41, 5.74) is 1.68. The van der Waals surface area contributed by atoms with Crippen LogP contribution in [0.4, 0.5) is 5.69 Å². The predicted molar refractivity (Wildman–Crippen MR) is 65.9 cm³/mol. The highest BCUT2D eigenvalue weighted by Gasteiger charge is 2.09. The van der Waals surface area contributed by atoms with E-state index in [-0.39, 0.29) is 12.6 Å².